The molecule has 1 unspecified atom stereocenters. The first-order valence-electron chi connectivity index (χ1n) is 9.52. The molecule has 0 radical (unpaired) electrons. The number of methoxy groups -OCH3 is 1. The Balaban J connectivity index is 0.000000451. The Morgan fingerprint density at radius 3 is 2.56 bits per heavy atom. The highest BCUT2D eigenvalue weighted by molar-refractivity contribution is 7.88. The first-order chi connectivity index (χ1) is 14.9. The van der Waals surface area contributed by atoms with E-state index in [2.05, 4.69) is 20.8 Å². The number of aromatic nitrogens is 2. The number of benzene rings is 1. The lowest BCUT2D eigenvalue weighted by Crippen LogP contribution is -2.38. The number of nitrogens with zero attached hydrogens (tertiary/aromatic N) is 3. The number of alkyl halides is 3. The fraction of sp³-hybridized carbons (Fsp3) is 0.474. The van der Waals surface area contributed by atoms with E-state index in [4.69, 9.17) is 14.6 Å². The smallest absolute Gasteiger partial charge is 0.490 e. The van der Waals surface area contributed by atoms with Crippen molar-refractivity contribution in [2.75, 3.05) is 26.5 Å². The van der Waals surface area contributed by atoms with E-state index in [1.54, 1.807) is 13.3 Å². The minimum Gasteiger partial charge on any atom is -0.496 e. The van der Waals surface area contributed by atoms with Crippen LogP contribution < -0.4 is 9.46 Å². The number of nitrogens with one attached hydrogen (secondary N) is 1. The topological polar surface area (TPSA) is 114 Å². The average Bonchev–Trinajstić information content (AvgIpc) is 3.16. The van der Waals surface area contributed by atoms with Crippen LogP contribution >= 0.6 is 0 Å². The van der Waals surface area contributed by atoms with Crippen molar-refractivity contribution in [1.82, 2.24) is 19.4 Å². The zero-order valence-electron chi connectivity index (χ0n) is 17.5. The molecule has 0 amide bonds. The van der Waals surface area contributed by atoms with Crippen molar-refractivity contribution in [3.63, 3.8) is 0 Å². The number of para-hydroxylation sites is 1. The highest BCUT2D eigenvalue weighted by Gasteiger charge is 2.38. The number of hydrogen-bond donors (Lipinski definition) is 2. The summed E-state index contributed by atoms with van der Waals surface area (Å²) in [5, 5.41) is 11.5. The standard InChI is InChI=1S/C17H24N4O3S.C2HF3O2/c1-24-17-6-4-3-5-14(17)11-20-12-15-7-9-18-21(15)16(13-20)8-10-19-25(2,22)23;3-2(4,5)1(6)7/h3-7,9,16,19H,8,10-13H2,1-2H3;(H,6,7). The Labute approximate surface area is 183 Å². The van der Waals surface area contributed by atoms with Gasteiger partial charge in [0.15, 0.2) is 0 Å². The van der Waals surface area contributed by atoms with Gasteiger partial charge in [0, 0.05) is 37.9 Å². The van der Waals surface area contributed by atoms with Gasteiger partial charge < -0.3 is 9.84 Å². The van der Waals surface area contributed by atoms with Crippen LogP contribution in [0.1, 0.15) is 23.7 Å². The number of sulfonamides is 1. The molecule has 0 saturated carbocycles. The second kappa shape index (κ2) is 10.8. The van der Waals surface area contributed by atoms with Crippen LogP contribution in [0.2, 0.25) is 0 Å². The molecule has 3 rings (SSSR count). The number of carboxylic acids is 1. The van der Waals surface area contributed by atoms with E-state index >= 15 is 0 Å². The highest BCUT2D eigenvalue weighted by atomic mass is 32.2. The normalized spacial score (nSPS) is 16.6. The van der Waals surface area contributed by atoms with Gasteiger partial charge in [0.1, 0.15) is 5.75 Å². The van der Waals surface area contributed by atoms with Crippen LogP contribution in [0.5, 0.6) is 5.75 Å². The van der Waals surface area contributed by atoms with Crippen molar-refractivity contribution < 1.29 is 36.2 Å². The Hall–Kier alpha value is -2.64. The Kier molecular flexibility index (Phi) is 8.64. The zero-order chi connectivity index (χ0) is 23.9. The predicted molar refractivity (Wildman–Crippen MR) is 110 cm³/mol. The number of carboxylic acid groups (broad SMARTS) is 1. The van der Waals surface area contributed by atoms with E-state index in [1.165, 1.54) is 6.26 Å². The minimum atomic E-state index is -5.08. The molecule has 1 atom stereocenters. The molecule has 1 aliphatic heterocycles. The third-order valence-corrected chi connectivity index (χ3v) is 5.35. The maximum atomic E-state index is 11.3. The molecule has 1 aromatic carbocycles. The van der Waals surface area contributed by atoms with Gasteiger partial charge in [-0.15, -0.1) is 0 Å². The maximum absolute atomic E-state index is 11.3. The summed E-state index contributed by atoms with van der Waals surface area (Å²) in [6, 6.07) is 10.2. The quantitative estimate of drug-likeness (QED) is 0.626. The van der Waals surface area contributed by atoms with Gasteiger partial charge in [-0.2, -0.15) is 18.3 Å². The number of ether oxygens (including phenoxy) is 1. The molecule has 0 fully saturated rings. The highest BCUT2D eigenvalue weighted by Crippen LogP contribution is 2.26. The first-order valence-corrected chi connectivity index (χ1v) is 11.4. The molecule has 0 spiro atoms. The summed E-state index contributed by atoms with van der Waals surface area (Å²) in [4.78, 5) is 11.2. The van der Waals surface area contributed by atoms with Crippen molar-refractivity contribution >= 4 is 16.0 Å². The summed E-state index contributed by atoms with van der Waals surface area (Å²) in [6.45, 7) is 2.82. The molecule has 2 aromatic rings. The van der Waals surface area contributed by atoms with Crippen molar-refractivity contribution in [1.29, 1.82) is 0 Å². The van der Waals surface area contributed by atoms with Crippen molar-refractivity contribution in [2.24, 2.45) is 0 Å². The van der Waals surface area contributed by atoms with Crippen LogP contribution in [0, 0.1) is 0 Å². The maximum Gasteiger partial charge on any atom is 0.490 e. The number of halogens is 3. The summed E-state index contributed by atoms with van der Waals surface area (Å²) in [6.07, 6.45) is -1.40. The molecule has 0 saturated heterocycles. The Morgan fingerprint density at radius 2 is 1.97 bits per heavy atom. The Morgan fingerprint density at radius 1 is 1.31 bits per heavy atom. The van der Waals surface area contributed by atoms with Gasteiger partial charge in [-0.25, -0.2) is 17.9 Å². The molecule has 178 valence electrons. The molecule has 13 heteroatoms. The summed E-state index contributed by atoms with van der Waals surface area (Å²) in [5.74, 6) is -1.87. The van der Waals surface area contributed by atoms with E-state index in [-0.39, 0.29) is 6.04 Å². The Bertz CT molecular complexity index is 1010. The third-order valence-electron chi connectivity index (χ3n) is 4.62. The molecule has 9 nitrogen and oxygen atoms in total. The largest absolute Gasteiger partial charge is 0.496 e. The molecular weight excluding hydrogens is 453 g/mol. The first kappa shape index (κ1) is 25.6. The van der Waals surface area contributed by atoms with Crippen molar-refractivity contribution in [3.8, 4) is 5.75 Å². The van der Waals surface area contributed by atoms with Crippen LogP contribution in [0.3, 0.4) is 0 Å². The fourth-order valence-electron chi connectivity index (χ4n) is 3.28. The van der Waals surface area contributed by atoms with E-state index in [1.807, 2.05) is 28.9 Å². The molecule has 0 bridgehead atoms. The number of rotatable bonds is 7. The molecule has 2 heterocycles. The number of carbonyl (C=O) groups is 1. The van der Waals surface area contributed by atoms with E-state index < -0.39 is 22.2 Å². The van der Waals surface area contributed by atoms with Crippen LogP contribution in [-0.2, 0) is 27.9 Å². The lowest BCUT2D eigenvalue weighted by atomic mass is 10.1. The van der Waals surface area contributed by atoms with Gasteiger partial charge in [-0.1, -0.05) is 18.2 Å². The van der Waals surface area contributed by atoms with E-state index in [0.717, 1.165) is 36.6 Å². The van der Waals surface area contributed by atoms with Crippen molar-refractivity contribution in [2.45, 2.75) is 31.7 Å². The number of fused-ring (bicyclic) bond motifs is 1. The molecule has 32 heavy (non-hydrogen) atoms. The fourth-order valence-corrected chi connectivity index (χ4v) is 3.77. The summed E-state index contributed by atoms with van der Waals surface area (Å²) in [5.41, 5.74) is 2.29. The van der Waals surface area contributed by atoms with Gasteiger partial charge in [0.05, 0.1) is 25.1 Å². The van der Waals surface area contributed by atoms with Crippen LogP contribution in [0.25, 0.3) is 0 Å². The van der Waals surface area contributed by atoms with Gasteiger partial charge in [0.25, 0.3) is 0 Å². The molecule has 1 aromatic heterocycles. The molecule has 1 aliphatic rings. The molecule has 2 N–H and O–H groups in total. The minimum absolute atomic E-state index is 0.141. The van der Waals surface area contributed by atoms with E-state index in [0.29, 0.717) is 13.0 Å². The third kappa shape index (κ3) is 7.80. The average molecular weight is 478 g/mol. The van der Waals surface area contributed by atoms with Gasteiger partial charge in [-0.05, 0) is 18.6 Å². The predicted octanol–water partition coefficient (Wildman–Crippen LogP) is 2.02. The number of aliphatic carboxylic acids is 1. The second-order valence-electron chi connectivity index (χ2n) is 7.16. The monoisotopic (exact) mass is 478 g/mol. The SMILES string of the molecule is COc1ccccc1CN1Cc2ccnn2C(CCNS(C)(=O)=O)C1.O=C(O)C(F)(F)F. The lowest BCUT2D eigenvalue weighted by molar-refractivity contribution is -0.192. The van der Waals surface area contributed by atoms with Crippen LogP contribution in [0.4, 0.5) is 13.2 Å². The summed E-state index contributed by atoms with van der Waals surface area (Å²) < 4.78 is 64.3. The summed E-state index contributed by atoms with van der Waals surface area (Å²) in [7, 11) is -1.49. The lowest BCUT2D eigenvalue weighted by Gasteiger charge is -2.34. The van der Waals surface area contributed by atoms with Gasteiger partial charge in [-0.3, -0.25) is 9.58 Å². The second-order valence-corrected chi connectivity index (χ2v) is 8.99. The van der Waals surface area contributed by atoms with Gasteiger partial charge in [0.2, 0.25) is 10.0 Å². The van der Waals surface area contributed by atoms with E-state index in [9.17, 15) is 21.6 Å². The molecular formula is C19H25F3N4O5S. The van der Waals surface area contributed by atoms with Crippen molar-refractivity contribution in [3.05, 3.63) is 47.8 Å². The van der Waals surface area contributed by atoms with Gasteiger partial charge >= 0.3 is 12.1 Å². The number of hydrogen-bond acceptors (Lipinski definition) is 6. The summed E-state index contributed by atoms with van der Waals surface area (Å²) >= 11 is 0. The molecule has 0 aliphatic carbocycles. The van der Waals surface area contributed by atoms with Crippen LogP contribution in [0.15, 0.2) is 36.5 Å². The van der Waals surface area contributed by atoms with Crippen LogP contribution in [-0.4, -0.2) is 66.8 Å². The zero-order valence-corrected chi connectivity index (χ0v) is 18.4.